The van der Waals surface area contributed by atoms with Gasteiger partial charge >= 0.3 is 0 Å². The zero-order valence-corrected chi connectivity index (χ0v) is 20.1. The fraction of sp³-hybridized carbons (Fsp3) is 0.423. The van der Waals surface area contributed by atoms with Gasteiger partial charge in [-0.15, -0.1) is 0 Å². The molecule has 0 unspecified atom stereocenters. The van der Waals surface area contributed by atoms with Crippen LogP contribution in [0.15, 0.2) is 36.7 Å². The maximum atomic E-state index is 9.64. The smallest absolute Gasteiger partial charge is 0.182 e. The van der Waals surface area contributed by atoms with Crippen LogP contribution >= 0.6 is 0 Å². The number of ether oxygens (including phenoxy) is 1. The van der Waals surface area contributed by atoms with Crippen molar-refractivity contribution in [3.05, 3.63) is 47.8 Å². The Morgan fingerprint density at radius 3 is 2.60 bits per heavy atom. The third-order valence-corrected chi connectivity index (χ3v) is 7.24. The first-order valence-corrected chi connectivity index (χ1v) is 12.0. The molecule has 1 aromatic carbocycles. The van der Waals surface area contributed by atoms with E-state index in [1.807, 2.05) is 24.4 Å². The Hall–Kier alpha value is -3.43. The minimum atomic E-state index is -0.352. The summed E-state index contributed by atoms with van der Waals surface area (Å²) in [7, 11) is 1.68. The van der Waals surface area contributed by atoms with Crippen molar-refractivity contribution in [3.8, 4) is 5.75 Å². The van der Waals surface area contributed by atoms with E-state index in [0.29, 0.717) is 18.0 Å². The molecule has 0 aliphatic heterocycles. The molecule has 0 atom stereocenters. The van der Waals surface area contributed by atoms with Gasteiger partial charge in [0.15, 0.2) is 5.65 Å². The number of fused-ring (bicyclic) bond motifs is 2. The number of aliphatic hydroxyl groups excluding tert-OH is 2. The second-order valence-corrected chi connectivity index (χ2v) is 9.53. The summed E-state index contributed by atoms with van der Waals surface area (Å²) >= 11 is 0. The SMILES string of the molecule is COc1ccc(CNc2cnc3ccc(NC4CCC(CO)(CO)CC4)nc3n2)c2c(C)c[nH]c12. The highest BCUT2D eigenvalue weighted by molar-refractivity contribution is 5.91. The molecule has 0 saturated heterocycles. The Balaban J connectivity index is 1.29. The Kier molecular flexibility index (Phi) is 6.44. The fourth-order valence-corrected chi connectivity index (χ4v) is 4.99. The van der Waals surface area contributed by atoms with Gasteiger partial charge < -0.3 is 30.6 Å². The van der Waals surface area contributed by atoms with Crippen LogP contribution in [0.2, 0.25) is 0 Å². The monoisotopic (exact) mass is 476 g/mol. The standard InChI is InChI=1S/C26H32N6O3/c1-16-11-29-24-20(35-2)5-3-17(23(16)24)12-28-22-13-27-19-4-6-21(31-25(19)32-22)30-18-7-9-26(14-33,15-34)10-8-18/h3-6,11,13,18,29,33-34H,7-10,12,14-15H2,1-2H3,(H2,28,30,31,32). The average Bonchev–Trinajstić information content (AvgIpc) is 3.29. The number of aryl methyl sites for hydroxylation is 1. The van der Waals surface area contributed by atoms with Gasteiger partial charge in [0.25, 0.3) is 0 Å². The van der Waals surface area contributed by atoms with Crippen molar-refractivity contribution in [1.29, 1.82) is 0 Å². The molecule has 9 heteroatoms. The summed E-state index contributed by atoms with van der Waals surface area (Å²) in [5.74, 6) is 2.24. The van der Waals surface area contributed by atoms with Crippen LogP contribution in [0.4, 0.5) is 11.6 Å². The molecule has 0 bridgehead atoms. The molecular weight excluding hydrogens is 444 g/mol. The molecule has 5 N–H and O–H groups in total. The molecule has 9 nitrogen and oxygen atoms in total. The highest BCUT2D eigenvalue weighted by Crippen LogP contribution is 2.36. The molecule has 1 aliphatic carbocycles. The largest absolute Gasteiger partial charge is 0.495 e. The second-order valence-electron chi connectivity index (χ2n) is 9.53. The van der Waals surface area contributed by atoms with Crippen LogP contribution in [0.25, 0.3) is 22.1 Å². The van der Waals surface area contributed by atoms with Crippen molar-refractivity contribution in [3.63, 3.8) is 0 Å². The van der Waals surface area contributed by atoms with Gasteiger partial charge in [-0.05, 0) is 61.9 Å². The molecule has 184 valence electrons. The predicted octanol–water partition coefficient (Wildman–Crippen LogP) is 3.76. The van der Waals surface area contributed by atoms with Crippen molar-refractivity contribution in [2.75, 3.05) is 31.0 Å². The molecule has 0 amide bonds. The number of aromatic nitrogens is 4. The lowest BCUT2D eigenvalue weighted by Crippen LogP contribution is -2.38. The zero-order valence-electron chi connectivity index (χ0n) is 20.1. The van der Waals surface area contributed by atoms with Crippen LogP contribution in [-0.2, 0) is 6.54 Å². The summed E-state index contributed by atoms with van der Waals surface area (Å²) in [6.07, 6.45) is 7.06. The van der Waals surface area contributed by atoms with E-state index in [1.165, 1.54) is 0 Å². The van der Waals surface area contributed by atoms with Crippen molar-refractivity contribution in [2.24, 2.45) is 5.41 Å². The van der Waals surface area contributed by atoms with Gasteiger partial charge in [0, 0.05) is 29.6 Å². The maximum absolute atomic E-state index is 9.64. The number of aliphatic hydroxyl groups is 2. The first-order valence-electron chi connectivity index (χ1n) is 12.0. The highest BCUT2D eigenvalue weighted by atomic mass is 16.5. The van der Waals surface area contributed by atoms with E-state index in [4.69, 9.17) is 14.7 Å². The third-order valence-electron chi connectivity index (χ3n) is 7.24. The van der Waals surface area contributed by atoms with E-state index in [0.717, 1.165) is 64.8 Å². The van der Waals surface area contributed by atoms with E-state index < -0.39 is 0 Å². The number of nitrogens with zero attached hydrogens (tertiary/aromatic N) is 3. The number of hydrogen-bond acceptors (Lipinski definition) is 8. The summed E-state index contributed by atoms with van der Waals surface area (Å²) in [5, 5.41) is 27.3. The number of benzene rings is 1. The molecule has 0 radical (unpaired) electrons. The summed E-state index contributed by atoms with van der Waals surface area (Å²) in [6.45, 7) is 2.73. The topological polar surface area (TPSA) is 128 Å². The molecule has 1 aliphatic rings. The normalized spacial score (nSPS) is 16.0. The lowest BCUT2D eigenvalue weighted by molar-refractivity contribution is 0.0210. The minimum absolute atomic E-state index is 0.0293. The van der Waals surface area contributed by atoms with Crippen molar-refractivity contribution in [2.45, 2.75) is 45.2 Å². The number of rotatable bonds is 8. The molecule has 4 aromatic rings. The number of H-pyrrole nitrogens is 1. The van der Waals surface area contributed by atoms with E-state index in [-0.39, 0.29) is 24.7 Å². The van der Waals surface area contributed by atoms with Crippen molar-refractivity contribution in [1.82, 2.24) is 19.9 Å². The van der Waals surface area contributed by atoms with Gasteiger partial charge in [0.2, 0.25) is 0 Å². The van der Waals surface area contributed by atoms with Crippen LogP contribution in [0.5, 0.6) is 5.75 Å². The number of aromatic amines is 1. The van der Waals surface area contributed by atoms with Crippen molar-refractivity contribution < 1.29 is 14.9 Å². The second kappa shape index (κ2) is 9.67. The van der Waals surface area contributed by atoms with Gasteiger partial charge in [0.05, 0.1) is 32.0 Å². The van der Waals surface area contributed by atoms with Crippen LogP contribution in [0.3, 0.4) is 0 Å². The summed E-state index contributed by atoms with van der Waals surface area (Å²) in [4.78, 5) is 17.2. The zero-order chi connectivity index (χ0) is 24.4. The van der Waals surface area contributed by atoms with E-state index in [1.54, 1.807) is 13.3 Å². The molecular formula is C26H32N6O3. The third kappa shape index (κ3) is 4.61. The van der Waals surface area contributed by atoms with Crippen LogP contribution in [0, 0.1) is 12.3 Å². The number of nitrogens with one attached hydrogen (secondary N) is 3. The minimum Gasteiger partial charge on any atom is -0.495 e. The number of pyridine rings is 1. The Morgan fingerprint density at radius 2 is 1.86 bits per heavy atom. The molecule has 1 fully saturated rings. The first-order chi connectivity index (χ1) is 17.0. The van der Waals surface area contributed by atoms with E-state index >= 15 is 0 Å². The first kappa shape index (κ1) is 23.3. The van der Waals surface area contributed by atoms with Gasteiger partial charge in [-0.3, -0.25) is 0 Å². The Labute approximate surface area is 204 Å². The molecule has 0 spiro atoms. The Bertz CT molecular complexity index is 1320. The number of anilines is 2. The quantitative estimate of drug-likeness (QED) is 0.260. The van der Waals surface area contributed by atoms with Crippen molar-refractivity contribution >= 4 is 33.7 Å². The van der Waals surface area contributed by atoms with Crippen LogP contribution in [-0.4, -0.2) is 56.5 Å². The predicted molar refractivity (Wildman–Crippen MR) is 137 cm³/mol. The lowest BCUT2D eigenvalue weighted by Gasteiger charge is -2.37. The summed E-state index contributed by atoms with van der Waals surface area (Å²) in [5.41, 5.74) is 4.25. The van der Waals surface area contributed by atoms with Crippen LogP contribution < -0.4 is 15.4 Å². The Morgan fingerprint density at radius 1 is 1.09 bits per heavy atom. The lowest BCUT2D eigenvalue weighted by atomic mass is 9.73. The van der Waals surface area contributed by atoms with E-state index in [2.05, 4.69) is 33.6 Å². The van der Waals surface area contributed by atoms with Gasteiger partial charge in [-0.1, -0.05) is 6.07 Å². The molecule has 1 saturated carbocycles. The summed E-state index contributed by atoms with van der Waals surface area (Å²) < 4.78 is 5.48. The van der Waals surface area contributed by atoms with E-state index in [9.17, 15) is 10.2 Å². The fourth-order valence-electron chi connectivity index (χ4n) is 4.99. The van der Waals surface area contributed by atoms with Gasteiger partial charge in [0.1, 0.15) is 22.9 Å². The van der Waals surface area contributed by atoms with Crippen LogP contribution in [0.1, 0.15) is 36.8 Å². The maximum Gasteiger partial charge on any atom is 0.182 e. The highest BCUT2D eigenvalue weighted by Gasteiger charge is 2.34. The average molecular weight is 477 g/mol. The molecule has 5 rings (SSSR count). The molecule has 35 heavy (non-hydrogen) atoms. The van der Waals surface area contributed by atoms with Gasteiger partial charge in [-0.25, -0.2) is 15.0 Å². The van der Waals surface area contributed by atoms with Gasteiger partial charge in [-0.2, -0.15) is 0 Å². The molecule has 3 aromatic heterocycles. The number of methoxy groups -OCH3 is 1. The number of hydrogen-bond donors (Lipinski definition) is 5. The molecule has 3 heterocycles. The summed E-state index contributed by atoms with van der Waals surface area (Å²) in [6, 6.07) is 8.13.